The zero-order valence-electron chi connectivity index (χ0n) is 12.8. The third-order valence-corrected chi connectivity index (χ3v) is 4.85. The van der Waals surface area contributed by atoms with Crippen molar-refractivity contribution in [3.05, 3.63) is 35.4 Å². The topological polar surface area (TPSA) is 98.1 Å². The van der Waals surface area contributed by atoms with Crippen molar-refractivity contribution in [2.24, 2.45) is 5.41 Å². The monoisotopic (exact) mass is 319 g/mol. The molecule has 1 aliphatic heterocycles. The van der Waals surface area contributed by atoms with Crippen molar-refractivity contribution in [1.82, 2.24) is 4.90 Å². The highest BCUT2D eigenvalue weighted by molar-refractivity contribution is 5.89. The van der Waals surface area contributed by atoms with Crippen LogP contribution < -0.4 is 0 Å². The summed E-state index contributed by atoms with van der Waals surface area (Å²) < 4.78 is 0. The molecule has 6 heteroatoms. The molecular formula is C17H21NO5. The quantitative estimate of drug-likeness (QED) is 0.774. The number of aromatic carboxylic acids is 1. The molecule has 2 atom stereocenters. The van der Waals surface area contributed by atoms with E-state index in [9.17, 15) is 19.8 Å². The second kappa shape index (κ2) is 5.94. The van der Waals surface area contributed by atoms with Gasteiger partial charge in [-0.15, -0.1) is 0 Å². The van der Waals surface area contributed by atoms with E-state index in [0.717, 1.165) is 19.3 Å². The van der Waals surface area contributed by atoms with Crippen molar-refractivity contribution in [2.45, 2.75) is 37.9 Å². The third-order valence-electron chi connectivity index (χ3n) is 4.85. The number of carboxylic acid groups (broad SMARTS) is 1. The molecule has 124 valence electrons. The second-order valence-corrected chi connectivity index (χ2v) is 6.74. The van der Waals surface area contributed by atoms with Gasteiger partial charge in [0.15, 0.2) is 0 Å². The predicted molar refractivity (Wildman–Crippen MR) is 81.8 cm³/mol. The molecule has 2 aliphatic rings. The van der Waals surface area contributed by atoms with Crippen LogP contribution in [0.4, 0.5) is 0 Å². The standard InChI is InChI=1S/C17H21NO5/c19-11-8-17(5-6-17)10-18(9-11)15(21)7-14(20)12-3-1-2-4-13(12)16(22)23/h1-4,11,14,19-20H,5-10H2,(H,22,23). The maximum atomic E-state index is 12.4. The molecule has 3 N–H and O–H groups in total. The van der Waals surface area contributed by atoms with E-state index in [2.05, 4.69) is 0 Å². The summed E-state index contributed by atoms with van der Waals surface area (Å²) in [7, 11) is 0. The van der Waals surface area contributed by atoms with Gasteiger partial charge < -0.3 is 20.2 Å². The number of nitrogens with zero attached hydrogens (tertiary/aromatic N) is 1. The second-order valence-electron chi connectivity index (χ2n) is 6.74. The predicted octanol–water partition coefficient (Wildman–Crippen LogP) is 1.18. The molecule has 0 bridgehead atoms. The van der Waals surface area contributed by atoms with Gasteiger partial charge in [-0.1, -0.05) is 18.2 Å². The van der Waals surface area contributed by atoms with Gasteiger partial charge in [0, 0.05) is 13.1 Å². The number of hydrogen-bond acceptors (Lipinski definition) is 4. The fraction of sp³-hybridized carbons (Fsp3) is 0.529. The first-order valence-corrected chi connectivity index (χ1v) is 7.86. The molecule has 1 saturated carbocycles. The highest BCUT2D eigenvalue weighted by atomic mass is 16.4. The Hall–Kier alpha value is -1.92. The molecule has 1 spiro atoms. The van der Waals surface area contributed by atoms with Crippen LogP contribution in [0.25, 0.3) is 0 Å². The number of aliphatic hydroxyl groups excluding tert-OH is 2. The Bertz CT molecular complexity index is 625. The van der Waals surface area contributed by atoms with Crippen molar-refractivity contribution in [3.8, 4) is 0 Å². The van der Waals surface area contributed by atoms with Gasteiger partial charge in [-0.25, -0.2) is 4.79 Å². The number of carbonyl (C=O) groups excluding carboxylic acids is 1. The van der Waals surface area contributed by atoms with Crippen LogP contribution in [0.1, 0.15) is 47.7 Å². The first-order chi connectivity index (χ1) is 10.9. The van der Waals surface area contributed by atoms with Crippen molar-refractivity contribution < 1.29 is 24.9 Å². The molecule has 2 unspecified atom stereocenters. The average Bonchev–Trinajstić information content (AvgIpc) is 3.24. The van der Waals surface area contributed by atoms with E-state index in [4.69, 9.17) is 5.11 Å². The highest BCUT2D eigenvalue weighted by Gasteiger charge is 2.49. The SMILES string of the molecule is O=C(O)c1ccccc1C(O)CC(=O)N1CC(O)CC2(CC2)C1. The summed E-state index contributed by atoms with van der Waals surface area (Å²) >= 11 is 0. The van der Waals surface area contributed by atoms with Gasteiger partial charge in [0.25, 0.3) is 0 Å². The number of likely N-dealkylation sites (tertiary alicyclic amines) is 1. The highest BCUT2D eigenvalue weighted by Crippen LogP contribution is 2.52. The summed E-state index contributed by atoms with van der Waals surface area (Å²) in [4.78, 5) is 25.2. The number of piperidine rings is 1. The zero-order valence-corrected chi connectivity index (χ0v) is 12.8. The van der Waals surface area contributed by atoms with Crippen LogP contribution in [0.15, 0.2) is 24.3 Å². The van der Waals surface area contributed by atoms with E-state index in [1.165, 1.54) is 12.1 Å². The number of β-amino-alcohol motifs (C(OH)–C–C–N with tert-alkyl or cyclic N) is 1. The zero-order chi connectivity index (χ0) is 16.6. The van der Waals surface area contributed by atoms with Gasteiger partial charge in [-0.3, -0.25) is 4.79 Å². The molecule has 1 aromatic carbocycles. The lowest BCUT2D eigenvalue weighted by molar-refractivity contribution is -0.138. The molecule has 23 heavy (non-hydrogen) atoms. The Labute approximate surface area is 134 Å². The summed E-state index contributed by atoms with van der Waals surface area (Å²) in [5.41, 5.74) is 0.314. The van der Waals surface area contributed by atoms with Crippen LogP contribution in [0, 0.1) is 5.41 Å². The van der Waals surface area contributed by atoms with Gasteiger partial charge in [-0.2, -0.15) is 0 Å². The van der Waals surface area contributed by atoms with E-state index >= 15 is 0 Å². The van der Waals surface area contributed by atoms with Crippen molar-refractivity contribution >= 4 is 11.9 Å². The minimum absolute atomic E-state index is 0.00476. The molecule has 1 heterocycles. The van der Waals surface area contributed by atoms with E-state index in [1.807, 2.05) is 0 Å². The van der Waals surface area contributed by atoms with E-state index in [0.29, 0.717) is 6.54 Å². The number of carboxylic acids is 1. The van der Waals surface area contributed by atoms with E-state index < -0.39 is 18.2 Å². The smallest absolute Gasteiger partial charge is 0.336 e. The van der Waals surface area contributed by atoms with Gasteiger partial charge in [0.2, 0.25) is 5.91 Å². The van der Waals surface area contributed by atoms with Gasteiger partial charge in [-0.05, 0) is 36.3 Å². The molecule has 1 amide bonds. The Morgan fingerprint density at radius 1 is 1.30 bits per heavy atom. The van der Waals surface area contributed by atoms with Crippen LogP contribution in [0.3, 0.4) is 0 Å². The summed E-state index contributed by atoms with van der Waals surface area (Å²) in [5, 5.41) is 29.4. The number of benzene rings is 1. The van der Waals surface area contributed by atoms with E-state index in [-0.39, 0.29) is 35.4 Å². The summed E-state index contributed by atoms with van der Waals surface area (Å²) in [5.74, 6) is -1.37. The Kier molecular flexibility index (Phi) is 4.12. The number of rotatable bonds is 4. The van der Waals surface area contributed by atoms with Crippen LogP contribution in [-0.2, 0) is 4.79 Å². The maximum absolute atomic E-state index is 12.4. The van der Waals surface area contributed by atoms with Gasteiger partial charge in [0.05, 0.1) is 24.2 Å². The van der Waals surface area contributed by atoms with Gasteiger partial charge >= 0.3 is 5.97 Å². The molecular weight excluding hydrogens is 298 g/mol. The average molecular weight is 319 g/mol. The van der Waals surface area contributed by atoms with Crippen molar-refractivity contribution in [2.75, 3.05) is 13.1 Å². The van der Waals surface area contributed by atoms with Crippen molar-refractivity contribution in [1.29, 1.82) is 0 Å². The Morgan fingerprint density at radius 3 is 2.65 bits per heavy atom. The summed E-state index contributed by atoms with van der Waals surface area (Å²) in [6, 6.07) is 6.16. The maximum Gasteiger partial charge on any atom is 0.336 e. The largest absolute Gasteiger partial charge is 0.478 e. The summed E-state index contributed by atoms with van der Waals surface area (Å²) in [6.07, 6.45) is 0.938. The Morgan fingerprint density at radius 2 is 2.00 bits per heavy atom. The molecule has 3 rings (SSSR count). The lowest BCUT2D eigenvalue weighted by Gasteiger charge is -2.36. The fourth-order valence-corrected chi connectivity index (χ4v) is 3.47. The molecule has 1 saturated heterocycles. The minimum Gasteiger partial charge on any atom is -0.478 e. The van der Waals surface area contributed by atoms with E-state index in [1.54, 1.807) is 17.0 Å². The normalized spacial score (nSPS) is 23.6. The van der Waals surface area contributed by atoms with Crippen LogP contribution >= 0.6 is 0 Å². The van der Waals surface area contributed by atoms with Gasteiger partial charge in [0.1, 0.15) is 0 Å². The fourth-order valence-electron chi connectivity index (χ4n) is 3.47. The Balaban J connectivity index is 1.69. The van der Waals surface area contributed by atoms with Crippen molar-refractivity contribution in [3.63, 3.8) is 0 Å². The molecule has 6 nitrogen and oxygen atoms in total. The lowest BCUT2D eigenvalue weighted by atomic mass is 9.92. The molecule has 1 aliphatic carbocycles. The number of hydrogen-bond donors (Lipinski definition) is 3. The first kappa shape index (κ1) is 16.0. The lowest BCUT2D eigenvalue weighted by Crippen LogP contribution is -2.47. The van der Waals surface area contributed by atoms with Crippen LogP contribution in [0.2, 0.25) is 0 Å². The number of carbonyl (C=O) groups is 2. The first-order valence-electron chi connectivity index (χ1n) is 7.86. The summed E-state index contributed by atoms with van der Waals surface area (Å²) in [6.45, 7) is 0.907. The number of amides is 1. The van der Waals surface area contributed by atoms with Crippen LogP contribution in [-0.4, -0.2) is 51.3 Å². The molecule has 0 aromatic heterocycles. The third kappa shape index (κ3) is 3.38. The molecule has 2 fully saturated rings. The number of aliphatic hydroxyl groups is 2. The molecule has 1 aromatic rings. The minimum atomic E-state index is -1.16. The molecule has 0 radical (unpaired) electrons. The van der Waals surface area contributed by atoms with Crippen LogP contribution in [0.5, 0.6) is 0 Å².